The average molecular weight is 288 g/mol. The van der Waals surface area contributed by atoms with Crippen molar-refractivity contribution in [1.29, 1.82) is 0 Å². The van der Waals surface area contributed by atoms with E-state index in [2.05, 4.69) is 25.7 Å². The van der Waals surface area contributed by atoms with Crippen LogP contribution in [0.2, 0.25) is 0 Å². The Bertz CT molecular complexity index is 491. The Balaban J connectivity index is 2.36. The molecule has 6 heteroatoms. The van der Waals surface area contributed by atoms with Crippen molar-refractivity contribution in [2.45, 2.75) is 0 Å². The molecule has 0 N–H and O–H groups in total. The number of ether oxygens (including phenoxy) is 1. The molecule has 15 heavy (non-hydrogen) atoms. The van der Waals surface area contributed by atoms with Gasteiger partial charge in [0.1, 0.15) is 4.88 Å². The Morgan fingerprint density at radius 1 is 1.67 bits per heavy atom. The molecule has 0 aliphatic heterocycles. The smallest absolute Gasteiger partial charge is 0.349 e. The number of thiazole rings is 1. The first-order valence-corrected chi connectivity index (χ1v) is 5.61. The van der Waals surface area contributed by atoms with E-state index in [1.54, 1.807) is 12.3 Å². The fourth-order valence-electron chi connectivity index (χ4n) is 1.02. The largest absolute Gasteiger partial charge is 0.465 e. The van der Waals surface area contributed by atoms with E-state index in [1.807, 2.05) is 0 Å². The summed E-state index contributed by atoms with van der Waals surface area (Å²) in [5.74, 6) is 0.233. The number of aromatic nitrogens is 1. The van der Waals surface area contributed by atoms with Gasteiger partial charge < -0.3 is 9.15 Å². The van der Waals surface area contributed by atoms with Crippen LogP contribution < -0.4 is 0 Å². The number of hydrogen-bond donors (Lipinski definition) is 0. The van der Waals surface area contributed by atoms with Gasteiger partial charge in [0.15, 0.2) is 10.8 Å². The number of carbonyl (C=O) groups excluding carboxylic acids is 1. The molecule has 2 aromatic heterocycles. The monoisotopic (exact) mass is 287 g/mol. The van der Waals surface area contributed by atoms with E-state index in [-0.39, 0.29) is 5.97 Å². The normalized spacial score (nSPS) is 10.3. The van der Waals surface area contributed by atoms with Gasteiger partial charge in [0.2, 0.25) is 0 Å². The summed E-state index contributed by atoms with van der Waals surface area (Å²) in [6.07, 6.45) is 3.03. The predicted molar refractivity (Wildman–Crippen MR) is 58.9 cm³/mol. The van der Waals surface area contributed by atoms with Gasteiger partial charge in [0.05, 0.1) is 24.0 Å². The second-order valence-corrected chi connectivity index (χ2v) is 4.50. The van der Waals surface area contributed by atoms with Gasteiger partial charge >= 0.3 is 5.97 Å². The lowest BCUT2D eigenvalue weighted by Gasteiger charge is -1.91. The van der Waals surface area contributed by atoms with Crippen molar-refractivity contribution >= 4 is 33.2 Å². The molecule has 0 atom stereocenters. The van der Waals surface area contributed by atoms with Gasteiger partial charge in [-0.2, -0.15) is 0 Å². The molecule has 0 aromatic carbocycles. The maximum atomic E-state index is 11.2. The van der Waals surface area contributed by atoms with Gasteiger partial charge in [-0.1, -0.05) is 0 Å². The standard InChI is InChI=1S/C9H6BrNO3S/c1-13-9(12)6-4-11-8(15-6)7-5(10)2-3-14-7/h2-4H,1H3. The lowest BCUT2D eigenvalue weighted by Crippen LogP contribution is -1.96. The molecule has 78 valence electrons. The van der Waals surface area contributed by atoms with E-state index in [9.17, 15) is 4.79 Å². The molecule has 0 spiro atoms. The van der Waals surface area contributed by atoms with Crippen LogP contribution in [0, 0.1) is 0 Å². The summed E-state index contributed by atoms with van der Waals surface area (Å²) < 4.78 is 10.6. The number of carbonyl (C=O) groups is 1. The highest BCUT2D eigenvalue weighted by molar-refractivity contribution is 9.10. The molecule has 0 aliphatic rings. The summed E-state index contributed by atoms with van der Waals surface area (Å²) in [6, 6.07) is 1.77. The zero-order valence-electron chi connectivity index (χ0n) is 7.69. The maximum Gasteiger partial charge on any atom is 0.349 e. The zero-order chi connectivity index (χ0) is 10.8. The summed E-state index contributed by atoms with van der Waals surface area (Å²) in [7, 11) is 1.34. The van der Waals surface area contributed by atoms with E-state index >= 15 is 0 Å². The van der Waals surface area contributed by atoms with Gasteiger partial charge in [0, 0.05) is 0 Å². The van der Waals surface area contributed by atoms with Crippen LogP contribution in [0.25, 0.3) is 10.8 Å². The van der Waals surface area contributed by atoms with Crippen LogP contribution in [-0.2, 0) is 4.74 Å². The van der Waals surface area contributed by atoms with Crippen LogP contribution in [0.5, 0.6) is 0 Å². The Labute approximate surface area is 98.0 Å². The molecule has 2 aromatic rings. The average Bonchev–Trinajstić information content (AvgIpc) is 2.84. The predicted octanol–water partition coefficient (Wildman–Crippen LogP) is 2.95. The third-order valence-electron chi connectivity index (χ3n) is 1.70. The fourth-order valence-corrected chi connectivity index (χ4v) is 2.38. The first-order chi connectivity index (χ1) is 7.22. The molecule has 0 saturated carbocycles. The van der Waals surface area contributed by atoms with E-state index < -0.39 is 0 Å². The van der Waals surface area contributed by atoms with Crippen molar-refractivity contribution in [3.63, 3.8) is 0 Å². The molecule has 0 amide bonds. The summed E-state index contributed by atoms with van der Waals surface area (Å²) in [6.45, 7) is 0. The molecular formula is C9H6BrNO3S. The third kappa shape index (κ3) is 1.95. The molecule has 0 bridgehead atoms. The molecule has 0 unspecified atom stereocenters. The molecule has 0 aliphatic carbocycles. The Hall–Kier alpha value is -1.14. The first-order valence-electron chi connectivity index (χ1n) is 4.00. The van der Waals surface area contributed by atoms with Gasteiger partial charge in [-0.3, -0.25) is 0 Å². The van der Waals surface area contributed by atoms with Gasteiger partial charge in [-0.25, -0.2) is 9.78 Å². The highest BCUT2D eigenvalue weighted by Crippen LogP contribution is 2.32. The second-order valence-electron chi connectivity index (χ2n) is 2.62. The highest BCUT2D eigenvalue weighted by atomic mass is 79.9. The van der Waals surface area contributed by atoms with Crippen molar-refractivity contribution in [1.82, 2.24) is 4.98 Å². The van der Waals surface area contributed by atoms with E-state index in [4.69, 9.17) is 4.42 Å². The number of furan rings is 1. The van der Waals surface area contributed by atoms with Crippen LogP contribution in [-0.4, -0.2) is 18.1 Å². The number of hydrogen-bond acceptors (Lipinski definition) is 5. The van der Waals surface area contributed by atoms with Gasteiger partial charge in [0.25, 0.3) is 0 Å². The van der Waals surface area contributed by atoms with Crippen LogP contribution in [0.1, 0.15) is 9.67 Å². The lowest BCUT2D eigenvalue weighted by atomic mass is 10.5. The number of esters is 1. The maximum absolute atomic E-state index is 11.2. The first kappa shape index (κ1) is 10.4. The highest BCUT2D eigenvalue weighted by Gasteiger charge is 2.15. The van der Waals surface area contributed by atoms with E-state index in [1.165, 1.54) is 24.6 Å². The van der Waals surface area contributed by atoms with Crippen LogP contribution in [0.3, 0.4) is 0 Å². The SMILES string of the molecule is COC(=O)c1cnc(-c2occc2Br)s1. The van der Waals surface area contributed by atoms with Crippen LogP contribution >= 0.6 is 27.3 Å². The zero-order valence-corrected chi connectivity index (χ0v) is 10.1. The molecule has 2 heterocycles. The lowest BCUT2D eigenvalue weighted by molar-refractivity contribution is 0.0606. The third-order valence-corrected chi connectivity index (χ3v) is 3.30. The van der Waals surface area contributed by atoms with Crippen LogP contribution in [0.4, 0.5) is 0 Å². The summed E-state index contributed by atoms with van der Waals surface area (Å²) in [5, 5.41) is 0.646. The number of nitrogens with zero attached hydrogens (tertiary/aromatic N) is 1. The molecule has 0 saturated heterocycles. The summed E-state index contributed by atoms with van der Waals surface area (Å²) in [5.41, 5.74) is 0. The van der Waals surface area contributed by atoms with Crippen molar-refractivity contribution in [2.24, 2.45) is 0 Å². The van der Waals surface area contributed by atoms with Crippen molar-refractivity contribution in [2.75, 3.05) is 7.11 Å². The Morgan fingerprint density at radius 3 is 3.07 bits per heavy atom. The molecule has 4 nitrogen and oxygen atoms in total. The van der Waals surface area contributed by atoms with Crippen molar-refractivity contribution in [3.8, 4) is 10.8 Å². The molecule has 0 radical (unpaired) electrons. The minimum absolute atomic E-state index is 0.388. The minimum Gasteiger partial charge on any atom is -0.465 e. The molecular weight excluding hydrogens is 282 g/mol. The van der Waals surface area contributed by atoms with Gasteiger partial charge in [-0.15, -0.1) is 11.3 Å². The Morgan fingerprint density at radius 2 is 2.47 bits per heavy atom. The van der Waals surface area contributed by atoms with E-state index in [0.29, 0.717) is 15.6 Å². The van der Waals surface area contributed by atoms with E-state index in [0.717, 1.165) is 4.47 Å². The topological polar surface area (TPSA) is 52.3 Å². The number of methoxy groups -OCH3 is 1. The fraction of sp³-hybridized carbons (Fsp3) is 0.111. The minimum atomic E-state index is -0.388. The summed E-state index contributed by atoms with van der Waals surface area (Å²) >= 11 is 4.55. The molecule has 2 rings (SSSR count). The second kappa shape index (κ2) is 4.16. The number of halogens is 1. The summed E-state index contributed by atoms with van der Waals surface area (Å²) in [4.78, 5) is 15.7. The quantitative estimate of drug-likeness (QED) is 0.797. The van der Waals surface area contributed by atoms with Crippen LogP contribution in [0.15, 0.2) is 27.4 Å². The van der Waals surface area contributed by atoms with Crippen molar-refractivity contribution < 1.29 is 13.9 Å². The number of rotatable bonds is 2. The molecule has 0 fully saturated rings. The van der Waals surface area contributed by atoms with Gasteiger partial charge in [-0.05, 0) is 22.0 Å². The van der Waals surface area contributed by atoms with Crippen molar-refractivity contribution in [3.05, 3.63) is 27.9 Å². The Kier molecular flexibility index (Phi) is 2.88.